The van der Waals surface area contributed by atoms with Crippen molar-refractivity contribution >= 4 is 68.8 Å². The number of phenols is 1. The largest absolute Gasteiger partial charge is 0.506 e. The lowest BCUT2D eigenvalue weighted by atomic mass is 10.1. The van der Waals surface area contributed by atoms with Crippen LogP contribution in [0.25, 0.3) is 0 Å². The number of thioether (sulfide) groups is 1. The predicted octanol–water partition coefficient (Wildman–Crippen LogP) is 2.59. The Hall–Kier alpha value is -0.230. The van der Waals surface area contributed by atoms with Crippen molar-refractivity contribution in [3.63, 3.8) is 0 Å². The number of aliphatic carboxylic acids is 1. The summed E-state index contributed by atoms with van der Waals surface area (Å²) in [5.74, 6) is -1.19. The van der Waals surface area contributed by atoms with Crippen LogP contribution in [0, 0.1) is 7.14 Å². The van der Waals surface area contributed by atoms with E-state index in [0.29, 0.717) is 9.32 Å². The van der Waals surface area contributed by atoms with Crippen molar-refractivity contribution in [3.8, 4) is 5.75 Å². The predicted molar refractivity (Wildman–Crippen MR) is 93.1 cm³/mol. The van der Waals surface area contributed by atoms with E-state index in [2.05, 4.69) is 22.6 Å². The summed E-state index contributed by atoms with van der Waals surface area (Å²) in [6.07, 6.45) is 0. The zero-order valence-corrected chi connectivity index (χ0v) is 15.5. The van der Waals surface area contributed by atoms with Crippen LogP contribution in [0.5, 0.6) is 5.75 Å². The number of amides is 1. The molecule has 20 heavy (non-hydrogen) atoms. The average molecular weight is 519 g/mol. The molecular weight excluding hydrogens is 508 g/mol. The molecular formula is C12H11I2NO4S. The van der Waals surface area contributed by atoms with Gasteiger partial charge in [-0.1, -0.05) is 0 Å². The molecule has 1 aliphatic heterocycles. The molecule has 2 N–H and O–H groups in total. The van der Waals surface area contributed by atoms with Gasteiger partial charge in [-0.2, -0.15) is 0 Å². The number of carboxylic acids is 1. The van der Waals surface area contributed by atoms with Gasteiger partial charge in [-0.3, -0.25) is 4.79 Å². The average Bonchev–Trinajstić information content (AvgIpc) is 2.75. The molecule has 2 atom stereocenters. The molecule has 1 heterocycles. The number of halogens is 2. The third-order valence-electron chi connectivity index (χ3n) is 3.00. The minimum Gasteiger partial charge on any atom is -0.506 e. The molecule has 0 bridgehead atoms. The molecule has 0 spiro atoms. The van der Waals surface area contributed by atoms with Crippen LogP contribution in [0.15, 0.2) is 12.1 Å². The Morgan fingerprint density at radius 3 is 2.65 bits per heavy atom. The lowest BCUT2D eigenvalue weighted by Crippen LogP contribution is -2.44. The second kappa shape index (κ2) is 6.26. The quantitative estimate of drug-likeness (QED) is 0.588. The lowest BCUT2D eigenvalue weighted by Gasteiger charge is -2.25. The Morgan fingerprint density at radius 2 is 2.05 bits per heavy atom. The van der Waals surface area contributed by atoms with Crippen LogP contribution in [0.1, 0.15) is 17.3 Å². The molecule has 0 aromatic heterocycles. The summed E-state index contributed by atoms with van der Waals surface area (Å²) in [6, 6.07) is 2.48. The number of hydrogen-bond donors (Lipinski definition) is 2. The summed E-state index contributed by atoms with van der Waals surface area (Å²) < 4.78 is 1.39. The fourth-order valence-corrected chi connectivity index (χ4v) is 5.02. The van der Waals surface area contributed by atoms with E-state index in [4.69, 9.17) is 0 Å². The van der Waals surface area contributed by atoms with E-state index in [-0.39, 0.29) is 16.7 Å². The first-order valence-electron chi connectivity index (χ1n) is 5.68. The monoisotopic (exact) mass is 519 g/mol. The van der Waals surface area contributed by atoms with Gasteiger partial charge in [0, 0.05) is 9.32 Å². The first-order chi connectivity index (χ1) is 9.32. The maximum Gasteiger partial charge on any atom is 0.327 e. The molecule has 8 heteroatoms. The second-order valence-corrected chi connectivity index (χ2v) is 8.04. The Morgan fingerprint density at radius 1 is 1.40 bits per heavy atom. The molecule has 5 nitrogen and oxygen atoms in total. The highest BCUT2D eigenvalue weighted by Gasteiger charge is 2.40. The first kappa shape index (κ1) is 16.1. The van der Waals surface area contributed by atoms with Crippen LogP contribution in [0.2, 0.25) is 0 Å². The molecule has 1 aliphatic rings. The molecule has 1 saturated heterocycles. The molecule has 1 amide bonds. The van der Waals surface area contributed by atoms with Crippen LogP contribution in [0.3, 0.4) is 0 Å². The first-order valence-corrected chi connectivity index (χ1v) is 8.88. The fraction of sp³-hybridized carbons (Fsp3) is 0.333. The number of carboxylic acid groups (broad SMARTS) is 1. The standard InChI is InChI=1S/C12H11I2NO4S/c1-5-15(9(4-20-5)12(18)19)11(17)7-2-6(13)3-8(14)10(7)16/h2-3,5,9,16H,4H2,1H3,(H,18,19). The fourth-order valence-electron chi connectivity index (χ4n) is 2.01. The van der Waals surface area contributed by atoms with Crippen molar-refractivity contribution in [1.29, 1.82) is 0 Å². The van der Waals surface area contributed by atoms with Crippen molar-refractivity contribution in [1.82, 2.24) is 4.90 Å². The zero-order chi connectivity index (χ0) is 15.0. The molecule has 2 unspecified atom stereocenters. The van der Waals surface area contributed by atoms with Crippen molar-refractivity contribution in [3.05, 3.63) is 24.8 Å². The van der Waals surface area contributed by atoms with Crippen molar-refractivity contribution in [2.75, 3.05) is 5.75 Å². The van der Waals surface area contributed by atoms with E-state index in [1.54, 1.807) is 19.1 Å². The van der Waals surface area contributed by atoms with Gasteiger partial charge in [0.25, 0.3) is 5.91 Å². The van der Waals surface area contributed by atoms with Crippen LogP contribution >= 0.6 is 56.9 Å². The molecule has 108 valence electrons. The number of carbonyl (C=O) groups excluding carboxylic acids is 1. The molecule has 1 fully saturated rings. The molecule has 0 radical (unpaired) electrons. The van der Waals surface area contributed by atoms with Crippen molar-refractivity contribution in [2.45, 2.75) is 18.3 Å². The number of hydrogen-bond acceptors (Lipinski definition) is 4. The van der Waals surface area contributed by atoms with Crippen LogP contribution in [0.4, 0.5) is 0 Å². The minimum atomic E-state index is -1.02. The molecule has 0 saturated carbocycles. The van der Waals surface area contributed by atoms with Crippen molar-refractivity contribution < 1.29 is 19.8 Å². The third-order valence-corrected chi connectivity index (χ3v) is 5.66. The molecule has 1 aromatic carbocycles. The summed E-state index contributed by atoms with van der Waals surface area (Å²) in [5, 5.41) is 19.0. The van der Waals surface area contributed by atoms with Gasteiger partial charge < -0.3 is 15.1 Å². The van der Waals surface area contributed by atoms with E-state index in [9.17, 15) is 19.8 Å². The Labute approximate surface area is 147 Å². The maximum absolute atomic E-state index is 12.6. The highest BCUT2D eigenvalue weighted by atomic mass is 127. The van der Waals surface area contributed by atoms with Crippen LogP contribution < -0.4 is 0 Å². The van der Waals surface area contributed by atoms with E-state index in [1.165, 1.54) is 16.7 Å². The van der Waals surface area contributed by atoms with Gasteiger partial charge in [0.05, 0.1) is 14.5 Å². The second-order valence-electron chi connectivity index (χ2n) is 4.28. The normalized spacial score (nSPS) is 22.1. The van der Waals surface area contributed by atoms with Gasteiger partial charge in [0.15, 0.2) is 0 Å². The Balaban J connectivity index is 2.42. The summed E-state index contributed by atoms with van der Waals surface area (Å²) in [7, 11) is 0. The number of benzene rings is 1. The number of aromatic hydroxyl groups is 1. The zero-order valence-electron chi connectivity index (χ0n) is 10.3. The SMILES string of the molecule is CC1SCC(C(=O)O)N1C(=O)c1cc(I)cc(I)c1O. The number of phenolic OH excluding ortho intramolecular Hbond substituents is 1. The van der Waals surface area contributed by atoms with Gasteiger partial charge in [0.1, 0.15) is 11.8 Å². The summed E-state index contributed by atoms with van der Waals surface area (Å²) in [5.41, 5.74) is 0.155. The number of nitrogens with zero attached hydrogens (tertiary/aromatic N) is 1. The van der Waals surface area contributed by atoms with Gasteiger partial charge in [-0.25, -0.2) is 4.79 Å². The van der Waals surface area contributed by atoms with Crippen LogP contribution in [-0.2, 0) is 4.79 Å². The Bertz CT molecular complexity index is 581. The molecule has 0 aliphatic carbocycles. The highest BCUT2D eigenvalue weighted by Crippen LogP contribution is 2.34. The minimum absolute atomic E-state index is 0.0933. The molecule has 1 aromatic rings. The van der Waals surface area contributed by atoms with E-state index in [1.807, 2.05) is 22.6 Å². The van der Waals surface area contributed by atoms with E-state index < -0.39 is 17.9 Å². The summed E-state index contributed by atoms with van der Waals surface area (Å²) in [4.78, 5) is 25.1. The van der Waals surface area contributed by atoms with Gasteiger partial charge in [0.2, 0.25) is 0 Å². The van der Waals surface area contributed by atoms with Crippen LogP contribution in [-0.4, -0.2) is 44.2 Å². The summed E-state index contributed by atoms with van der Waals surface area (Å²) >= 11 is 5.43. The maximum atomic E-state index is 12.6. The van der Waals surface area contributed by atoms with Gasteiger partial charge >= 0.3 is 5.97 Å². The Kier molecular flexibility index (Phi) is 5.05. The van der Waals surface area contributed by atoms with E-state index >= 15 is 0 Å². The lowest BCUT2D eigenvalue weighted by molar-refractivity contribution is -0.141. The van der Waals surface area contributed by atoms with Gasteiger partial charge in [-0.05, 0) is 64.2 Å². The summed E-state index contributed by atoms with van der Waals surface area (Å²) in [6.45, 7) is 1.79. The van der Waals surface area contributed by atoms with Crippen molar-refractivity contribution in [2.24, 2.45) is 0 Å². The van der Waals surface area contributed by atoms with Gasteiger partial charge in [-0.15, -0.1) is 11.8 Å². The van der Waals surface area contributed by atoms with E-state index in [0.717, 1.165) is 3.57 Å². The third kappa shape index (κ3) is 3.01. The smallest absolute Gasteiger partial charge is 0.327 e. The molecule has 2 rings (SSSR count). The topological polar surface area (TPSA) is 77.8 Å². The highest BCUT2D eigenvalue weighted by molar-refractivity contribution is 14.1. The number of rotatable bonds is 2. The number of carbonyl (C=O) groups is 2.